The van der Waals surface area contributed by atoms with Crippen LogP contribution in [0.1, 0.15) is 39.3 Å². The van der Waals surface area contributed by atoms with E-state index in [0.29, 0.717) is 0 Å². The predicted molar refractivity (Wildman–Crippen MR) is 62.4 cm³/mol. The number of hydrogen-bond acceptors (Lipinski definition) is 3. The van der Waals surface area contributed by atoms with Crippen LogP contribution in [0.25, 0.3) is 0 Å². The van der Waals surface area contributed by atoms with Gasteiger partial charge >= 0.3 is 0 Å². The molecule has 0 amide bonds. The second kappa shape index (κ2) is 4.32. The van der Waals surface area contributed by atoms with Gasteiger partial charge < -0.3 is 5.73 Å². The Kier molecular flexibility index (Phi) is 3.56. The lowest BCUT2D eigenvalue weighted by Gasteiger charge is -2.19. The van der Waals surface area contributed by atoms with Crippen molar-refractivity contribution in [2.45, 2.75) is 43.5 Å². The minimum absolute atomic E-state index is 0.0496. The molecule has 1 aromatic heterocycles. The van der Waals surface area contributed by atoms with Crippen molar-refractivity contribution >= 4 is 11.8 Å². The number of pyridine rings is 1. The average Bonchev–Trinajstić information content (AvgIpc) is 2.01. The number of nitrogens with two attached hydrogens (primary N) is 1. The first-order valence-corrected chi connectivity index (χ1v) is 5.61. The maximum atomic E-state index is 5.88. The third-order valence-electron chi connectivity index (χ3n) is 1.69. The van der Waals surface area contributed by atoms with Crippen LogP contribution in [0, 0.1) is 0 Å². The van der Waals surface area contributed by atoms with Crippen LogP contribution in [0.2, 0.25) is 0 Å². The van der Waals surface area contributed by atoms with Crippen LogP contribution in [-0.4, -0.2) is 9.73 Å². The first-order valence-electron chi connectivity index (χ1n) is 4.79. The van der Waals surface area contributed by atoms with Gasteiger partial charge in [0.15, 0.2) is 0 Å². The predicted octanol–water partition coefficient (Wildman–Crippen LogP) is 2.99. The molecule has 0 unspecified atom stereocenters. The quantitative estimate of drug-likeness (QED) is 0.763. The molecule has 0 aliphatic rings. The lowest BCUT2D eigenvalue weighted by molar-refractivity contribution is 0.764. The zero-order valence-corrected chi connectivity index (χ0v) is 10.1. The first kappa shape index (κ1) is 11.5. The van der Waals surface area contributed by atoms with Gasteiger partial charge in [0, 0.05) is 22.5 Å². The summed E-state index contributed by atoms with van der Waals surface area (Å²) in [6.45, 7) is 8.52. The summed E-state index contributed by atoms with van der Waals surface area (Å²) in [6.07, 6.45) is 1.82. The van der Waals surface area contributed by atoms with E-state index in [9.17, 15) is 0 Å². The van der Waals surface area contributed by atoms with Crippen molar-refractivity contribution in [3.8, 4) is 0 Å². The van der Waals surface area contributed by atoms with Crippen LogP contribution in [0.5, 0.6) is 0 Å². The van der Waals surface area contributed by atoms with Gasteiger partial charge in [-0.2, -0.15) is 0 Å². The van der Waals surface area contributed by atoms with E-state index < -0.39 is 0 Å². The third-order valence-corrected chi connectivity index (χ3v) is 2.84. The molecule has 14 heavy (non-hydrogen) atoms. The molecule has 0 saturated heterocycles. The molecule has 3 heteroatoms. The minimum atomic E-state index is 0.0496. The molecule has 0 bridgehead atoms. The zero-order chi connectivity index (χ0) is 10.8. The molecular formula is C11H18N2S. The van der Waals surface area contributed by atoms with Crippen LogP contribution in [0.4, 0.5) is 0 Å². The summed E-state index contributed by atoms with van der Waals surface area (Å²) in [4.78, 5) is 4.37. The van der Waals surface area contributed by atoms with Gasteiger partial charge in [-0.15, -0.1) is 11.8 Å². The fourth-order valence-electron chi connectivity index (χ4n) is 1.13. The maximum absolute atomic E-state index is 5.88. The van der Waals surface area contributed by atoms with E-state index in [1.54, 1.807) is 11.8 Å². The highest BCUT2D eigenvalue weighted by molar-refractivity contribution is 8.00. The molecule has 0 aliphatic carbocycles. The Labute approximate surface area is 90.3 Å². The van der Waals surface area contributed by atoms with Gasteiger partial charge in [-0.25, -0.2) is 4.98 Å². The highest BCUT2D eigenvalue weighted by Gasteiger charge is 2.16. The van der Waals surface area contributed by atoms with Gasteiger partial charge in [-0.1, -0.05) is 26.8 Å². The van der Waals surface area contributed by atoms with Crippen molar-refractivity contribution in [1.29, 1.82) is 0 Å². The highest BCUT2D eigenvalue weighted by atomic mass is 32.2. The molecule has 0 spiro atoms. The van der Waals surface area contributed by atoms with Crippen molar-refractivity contribution in [1.82, 2.24) is 4.98 Å². The van der Waals surface area contributed by atoms with Crippen molar-refractivity contribution < 1.29 is 0 Å². The van der Waals surface area contributed by atoms with Crippen molar-refractivity contribution in [2.24, 2.45) is 5.73 Å². The van der Waals surface area contributed by atoms with Gasteiger partial charge in [0.25, 0.3) is 0 Å². The lowest BCUT2D eigenvalue weighted by Crippen LogP contribution is -2.12. The zero-order valence-electron chi connectivity index (χ0n) is 9.24. The SMILES string of the molecule is C[C@H](N)c1cccnc1SC(C)(C)C. The molecule has 0 fully saturated rings. The van der Waals surface area contributed by atoms with E-state index >= 15 is 0 Å². The van der Waals surface area contributed by atoms with Crippen LogP contribution >= 0.6 is 11.8 Å². The van der Waals surface area contributed by atoms with E-state index in [0.717, 1.165) is 10.6 Å². The molecule has 1 heterocycles. The molecule has 0 radical (unpaired) electrons. The summed E-state index contributed by atoms with van der Waals surface area (Å²) in [7, 11) is 0. The van der Waals surface area contributed by atoms with Gasteiger partial charge in [-0.3, -0.25) is 0 Å². The van der Waals surface area contributed by atoms with E-state index in [-0.39, 0.29) is 10.8 Å². The Morgan fingerprint density at radius 3 is 2.57 bits per heavy atom. The van der Waals surface area contributed by atoms with Crippen LogP contribution in [0.3, 0.4) is 0 Å². The summed E-state index contributed by atoms with van der Waals surface area (Å²) in [5.41, 5.74) is 7.01. The van der Waals surface area contributed by atoms with E-state index in [1.165, 1.54) is 0 Å². The smallest absolute Gasteiger partial charge is 0.101 e. The maximum Gasteiger partial charge on any atom is 0.101 e. The molecule has 1 rings (SSSR count). The molecule has 0 aromatic carbocycles. The normalized spacial score (nSPS) is 14.1. The number of nitrogens with zero attached hydrogens (tertiary/aromatic N) is 1. The van der Waals surface area contributed by atoms with Gasteiger partial charge in [-0.05, 0) is 13.0 Å². The second-order valence-corrected chi connectivity index (χ2v) is 6.22. The highest BCUT2D eigenvalue weighted by Crippen LogP contribution is 2.33. The molecule has 2 nitrogen and oxygen atoms in total. The summed E-state index contributed by atoms with van der Waals surface area (Å²) in [5, 5.41) is 1.05. The molecule has 2 N–H and O–H groups in total. The Hall–Kier alpha value is -0.540. The minimum Gasteiger partial charge on any atom is -0.324 e. The average molecular weight is 210 g/mol. The van der Waals surface area contributed by atoms with Crippen molar-refractivity contribution in [3.63, 3.8) is 0 Å². The molecule has 1 aromatic rings. The van der Waals surface area contributed by atoms with E-state index in [2.05, 4.69) is 25.8 Å². The lowest BCUT2D eigenvalue weighted by atomic mass is 10.2. The largest absolute Gasteiger partial charge is 0.324 e. The Morgan fingerprint density at radius 1 is 1.43 bits per heavy atom. The fourth-order valence-corrected chi connectivity index (χ4v) is 2.19. The van der Waals surface area contributed by atoms with Crippen LogP contribution in [-0.2, 0) is 0 Å². The Bertz CT molecular complexity index is 302. The van der Waals surface area contributed by atoms with Gasteiger partial charge in [0.2, 0.25) is 0 Å². The summed E-state index contributed by atoms with van der Waals surface area (Å²) < 4.78 is 0.179. The van der Waals surface area contributed by atoms with Crippen LogP contribution < -0.4 is 5.73 Å². The third kappa shape index (κ3) is 3.31. The van der Waals surface area contributed by atoms with Crippen molar-refractivity contribution in [3.05, 3.63) is 23.9 Å². The summed E-state index contributed by atoms with van der Waals surface area (Å²) in [6, 6.07) is 4.03. The van der Waals surface area contributed by atoms with E-state index in [4.69, 9.17) is 5.73 Å². The number of thioether (sulfide) groups is 1. The molecule has 0 saturated carbocycles. The van der Waals surface area contributed by atoms with Crippen molar-refractivity contribution in [2.75, 3.05) is 0 Å². The summed E-state index contributed by atoms with van der Waals surface area (Å²) >= 11 is 1.76. The summed E-state index contributed by atoms with van der Waals surface area (Å²) in [5.74, 6) is 0. The molecule has 0 aliphatic heterocycles. The molecule has 1 atom stereocenters. The van der Waals surface area contributed by atoms with Gasteiger partial charge in [0.1, 0.15) is 5.03 Å². The first-order chi connectivity index (χ1) is 6.40. The fraction of sp³-hybridized carbons (Fsp3) is 0.545. The Balaban J connectivity index is 2.96. The molecular weight excluding hydrogens is 192 g/mol. The van der Waals surface area contributed by atoms with Gasteiger partial charge in [0.05, 0.1) is 0 Å². The van der Waals surface area contributed by atoms with E-state index in [1.807, 2.05) is 25.3 Å². The number of rotatable bonds is 2. The topological polar surface area (TPSA) is 38.9 Å². The molecule has 78 valence electrons. The number of aromatic nitrogens is 1. The monoisotopic (exact) mass is 210 g/mol. The second-order valence-electron chi connectivity index (χ2n) is 4.40. The number of hydrogen-bond donors (Lipinski definition) is 1. The standard InChI is InChI=1S/C11H18N2S/c1-8(12)9-6-5-7-13-10(9)14-11(2,3)4/h5-8H,12H2,1-4H3/t8-/m0/s1. The Morgan fingerprint density at radius 2 is 2.07 bits per heavy atom. The van der Waals surface area contributed by atoms with Crippen LogP contribution in [0.15, 0.2) is 23.4 Å².